The van der Waals surface area contributed by atoms with Crippen LogP contribution >= 0.6 is 0 Å². The van der Waals surface area contributed by atoms with Crippen LogP contribution in [0.4, 0.5) is 0 Å². The van der Waals surface area contributed by atoms with Gasteiger partial charge in [-0.2, -0.15) is 0 Å². The van der Waals surface area contributed by atoms with Gasteiger partial charge in [-0.25, -0.2) is 0 Å². The quantitative estimate of drug-likeness (QED) is 0.671. The summed E-state index contributed by atoms with van der Waals surface area (Å²) in [6.45, 7) is 8.40. The van der Waals surface area contributed by atoms with Crippen molar-refractivity contribution in [2.75, 3.05) is 0 Å². The van der Waals surface area contributed by atoms with E-state index in [0.717, 1.165) is 11.8 Å². The Bertz CT molecular complexity index is 142. The Morgan fingerprint density at radius 1 is 0.588 bits per heavy atom. The van der Waals surface area contributed by atoms with E-state index in [4.69, 9.17) is 0 Å². The third-order valence-corrected chi connectivity index (χ3v) is 2.07. The average molecular weight is 262 g/mol. The van der Waals surface area contributed by atoms with Gasteiger partial charge in [0.15, 0.2) is 0 Å². The summed E-state index contributed by atoms with van der Waals surface area (Å²) in [5.74, 6) is 3.17. The smallest absolute Gasteiger partial charge is 0 e. The van der Waals surface area contributed by atoms with Gasteiger partial charge >= 0.3 is 0 Å². The first-order chi connectivity index (χ1) is 7.61. The van der Waals surface area contributed by atoms with Crippen LogP contribution in [0.3, 0.4) is 0 Å². The van der Waals surface area contributed by atoms with Crippen LogP contribution in [0.25, 0.3) is 0 Å². The zero-order chi connectivity index (χ0) is 12.0. The van der Waals surface area contributed by atoms with Crippen LogP contribution in [0.15, 0.2) is 0 Å². The van der Waals surface area contributed by atoms with Crippen molar-refractivity contribution in [3.05, 3.63) is 63.2 Å². The van der Waals surface area contributed by atoms with E-state index in [2.05, 4.69) is 79.1 Å². The van der Waals surface area contributed by atoms with Gasteiger partial charge < -0.3 is 0 Å². The summed E-state index contributed by atoms with van der Waals surface area (Å²) in [7, 11) is 0. The molecule has 0 spiro atoms. The first-order valence-electron chi connectivity index (χ1n) is 5.39. The molecule has 0 atom stereocenters. The second kappa shape index (κ2) is 9.45. The van der Waals surface area contributed by atoms with Crippen molar-refractivity contribution in [2.24, 2.45) is 11.8 Å². The monoisotopic (exact) mass is 262 g/mol. The van der Waals surface area contributed by atoms with Gasteiger partial charge in [-0.05, 0) is 75.0 Å². The molecule has 0 nitrogen and oxygen atoms in total. The SMILES string of the molecule is CC(C)[C]1[C][C][C][C]1.CC(C)[C]1[C][C][C][C]1.[Fe]. The zero-order valence-electron chi connectivity index (χ0n) is 10.5. The summed E-state index contributed by atoms with van der Waals surface area (Å²) >= 11 is 0. The molecule has 17 heavy (non-hydrogen) atoms. The third kappa shape index (κ3) is 6.87. The molecular formula is C16H14Fe. The van der Waals surface area contributed by atoms with Crippen LogP contribution in [0.5, 0.6) is 0 Å². The van der Waals surface area contributed by atoms with Crippen molar-refractivity contribution in [1.29, 1.82) is 0 Å². The molecule has 0 aromatic heterocycles. The minimum atomic E-state index is 0. The second-order valence-electron chi connectivity index (χ2n) is 4.14. The van der Waals surface area contributed by atoms with Crippen molar-refractivity contribution >= 4 is 0 Å². The molecule has 2 fully saturated rings. The first-order valence-corrected chi connectivity index (χ1v) is 5.39. The van der Waals surface area contributed by atoms with Crippen LogP contribution in [0, 0.1) is 75.0 Å². The van der Waals surface area contributed by atoms with Crippen LogP contribution in [0.1, 0.15) is 27.7 Å². The molecule has 0 aromatic rings. The molecule has 0 amide bonds. The minimum Gasteiger partial charge on any atom is -0.0622 e. The number of rotatable bonds is 2. The number of hydrogen-bond donors (Lipinski definition) is 0. The molecule has 2 aliphatic carbocycles. The molecule has 2 rings (SSSR count). The molecule has 0 N–H and O–H groups in total. The maximum Gasteiger partial charge on any atom is 0 e. The predicted molar refractivity (Wildman–Crippen MR) is 62.1 cm³/mol. The zero-order valence-corrected chi connectivity index (χ0v) is 11.6. The Morgan fingerprint density at radius 2 is 0.824 bits per heavy atom. The van der Waals surface area contributed by atoms with E-state index in [1.807, 2.05) is 0 Å². The molecule has 0 saturated heterocycles. The van der Waals surface area contributed by atoms with Crippen LogP contribution in [-0.2, 0) is 17.1 Å². The molecule has 1 heteroatoms. The van der Waals surface area contributed by atoms with Gasteiger partial charge in [-0.3, -0.25) is 0 Å². The molecule has 86 valence electrons. The predicted octanol–water partition coefficient (Wildman–Crippen LogP) is 3.11. The van der Waals surface area contributed by atoms with Crippen molar-refractivity contribution < 1.29 is 17.1 Å². The van der Waals surface area contributed by atoms with E-state index in [9.17, 15) is 0 Å². The summed E-state index contributed by atoms with van der Waals surface area (Å²) in [5.41, 5.74) is 0. The standard InChI is InChI=1S/2C8H7.Fe/c2*1-7(2)8-5-3-4-6-8;/h2*7H,1-2H3;. The molecule has 0 heterocycles. The fourth-order valence-corrected chi connectivity index (χ4v) is 1.03. The van der Waals surface area contributed by atoms with E-state index in [0.29, 0.717) is 11.8 Å². The second-order valence-corrected chi connectivity index (χ2v) is 4.14. The largest absolute Gasteiger partial charge is 0.0622 e. The Labute approximate surface area is 120 Å². The first kappa shape index (κ1) is 17.5. The topological polar surface area (TPSA) is 0 Å². The molecule has 0 aliphatic heterocycles. The molecule has 2 aliphatic rings. The minimum absolute atomic E-state index is 0. The molecule has 2 saturated carbocycles. The average Bonchev–Trinajstić information content (AvgIpc) is 2.93. The molecule has 0 bridgehead atoms. The Kier molecular flexibility index (Phi) is 9.74. The van der Waals surface area contributed by atoms with E-state index in [1.54, 1.807) is 0 Å². The third-order valence-electron chi connectivity index (χ3n) is 2.07. The van der Waals surface area contributed by atoms with Gasteiger partial charge in [0, 0.05) is 17.1 Å². The van der Waals surface area contributed by atoms with Crippen LogP contribution in [0.2, 0.25) is 0 Å². The van der Waals surface area contributed by atoms with Crippen molar-refractivity contribution in [3.63, 3.8) is 0 Å². The summed E-state index contributed by atoms with van der Waals surface area (Å²) in [4.78, 5) is 0. The summed E-state index contributed by atoms with van der Waals surface area (Å²) in [6.07, 6.45) is 22.4. The Balaban J connectivity index is 0.000000284. The molecule has 0 aromatic carbocycles. The Hall–Kier alpha value is 0.519. The molecule has 0 unspecified atom stereocenters. The fourth-order valence-electron chi connectivity index (χ4n) is 1.03. The van der Waals surface area contributed by atoms with Crippen LogP contribution in [-0.4, -0.2) is 0 Å². The van der Waals surface area contributed by atoms with E-state index < -0.39 is 0 Å². The van der Waals surface area contributed by atoms with Gasteiger partial charge in [0.25, 0.3) is 0 Å². The maximum absolute atomic E-state index is 2.90. The summed E-state index contributed by atoms with van der Waals surface area (Å²) in [5, 5.41) is 0. The summed E-state index contributed by atoms with van der Waals surface area (Å²) < 4.78 is 0. The van der Waals surface area contributed by atoms with E-state index in [-0.39, 0.29) is 17.1 Å². The van der Waals surface area contributed by atoms with Gasteiger partial charge in [0.05, 0.1) is 0 Å². The molecular weight excluding hydrogens is 248 g/mol. The number of hydrogen-bond acceptors (Lipinski definition) is 0. The Morgan fingerprint density at radius 3 is 0.941 bits per heavy atom. The van der Waals surface area contributed by atoms with Gasteiger partial charge in [0.2, 0.25) is 0 Å². The van der Waals surface area contributed by atoms with Crippen molar-refractivity contribution in [1.82, 2.24) is 0 Å². The van der Waals surface area contributed by atoms with Crippen molar-refractivity contribution in [3.8, 4) is 0 Å². The van der Waals surface area contributed by atoms with Crippen molar-refractivity contribution in [2.45, 2.75) is 27.7 Å². The van der Waals surface area contributed by atoms with E-state index in [1.165, 1.54) is 0 Å². The van der Waals surface area contributed by atoms with Gasteiger partial charge in [-0.15, -0.1) is 0 Å². The molecule has 18 radical (unpaired) electrons. The summed E-state index contributed by atoms with van der Waals surface area (Å²) in [6, 6.07) is 0. The van der Waals surface area contributed by atoms with Gasteiger partial charge in [0.1, 0.15) is 0 Å². The van der Waals surface area contributed by atoms with E-state index >= 15 is 0 Å². The van der Waals surface area contributed by atoms with Gasteiger partial charge in [-0.1, -0.05) is 27.7 Å². The normalized spacial score (nSPS) is 21.5. The van der Waals surface area contributed by atoms with Crippen LogP contribution < -0.4 is 0 Å². The fraction of sp³-hybridized carbons (Fsp3) is 0.375. The maximum atomic E-state index is 2.90.